The molecule has 0 aliphatic carbocycles. The molecule has 2 rings (SSSR count). The SMILES string of the molecule is Cc1cccc(Cn2cc(CCCCC(=O)O)nn2)c1. The fourth-order valence-corrected chi connectivity index (χ4v) is 2.11. The molecule has 0 spiro atoms. The van der Waals surface area contributed by atoms with Crippen LogP contribution in [0.4, 0.5) is 0 Å². The van der Waals surface area contributed by atoms with E-state index >= 15 is 0 Å². The highest BCUT2D eigenvalue weighted by Gasteiger charge is 2.03. The zero-order chi connectivity index (χ0) is 14.4. The number of hydrogen-bond acceptors (Lipinski definition) is 3. The van der Waals surface area contributed by atoms with Crippen molar-refractivity contribution in [1.82, 2.24) is 15.0 Å². The molecule has 0 bridgehead atoms. The molecule has 5 heteroatoms. The molecule has 2 aromatic rings. The minimum atomic E-state index is -0.742. The molecule has 0 radical (unpaired) electrons. The van der Waals surface area contributed by atoms with Gasteiger partial charge in [0.25, 0.3) is 0 Å². The van der Waals surface area contributed by atoms with Crippen molar-refractivity contribution in [2.75, 3.05) is 0 Å². The monoisotopic (exact) mass is 273 g/mol. The molecule has 5 nitrogen and oxygen atoms in total. The first-order chi connectivity index (χ1) is 9.63. The lowest BCUT2D eigenvalue weighted by atomic mass is 10.1. The Hall–Kier alpha value is -2.17. The average Bonchev–Trinajstić information content (AvgIpc) is 2.82. The predicted molar refractivity (Wildman–Crippen MR) is 75.5 cm³/mol. The van der Waals surface area contributed by atoms with Gasteiger partial charge in [-0.05, 0) is 31.7 Å². The summed E-state index contributed by atoms with van der Waals surface area (Å²) >= 11 is 0. The van der Waals surface area contributed by atoms with Gasteiger partial charge in [-0.1, -0.05) is 35.0 Å². The molecule has 0 aliphatic heterocycles. The first-order valence-electron chi connectivity index (χ1n) is 6.80. The Morgan fingerprint density at radius 1 is 1.35 bits per heavy atom. The first-order valence-corrected chi connectivity index (χ1v) is 6.80. The van der Waals surface area contributed by atoms with E-state index in [1.807, 2.05) is 16.9 Å². The van der Waals surface area contributed by atoms with Crippen molar-refractivity contribution in [2.45, 2.75) is 39.2 Å². The number of carboxylic acids is 1. The Balaban J connectivity index is 1.84. The molecule has 1 N–H and O–H groups in total. The number of hydrogen-bond donors (Lipinski definition) is 1. The molecule has 106 valence electrons. The van der Waals surface area contributed by atoms with Crippen LogP contribution in [0.3, 0.4) is 0 Å². The van der Waals surface area contributed by atoms with Crippen LogP contribution in [0.2, 0.25) is 0 Å². The fourth-order valence-electron chi connectivity index (χ4n) is 2.11. The van der Waals surface area contributed by atoms with Crippen molar-refractivity contribution in [2.24, 2.45) is 0 Å². The lowest BCUT2D eigenvalue weighted by Crippen LogP contribution is -2.00. The van der Waals surface area contributed by atoms with E-state index in [1.165, 1.54) is 11.1 Å². The summed E-state index contributed by atoms with van der Waals surface area (Å²) in [5.41, 5.74) is 3.35. The smallest absolute Gasteiger partial charge is 0.303 e. The number of aryl methyl sites for hydroxylation is 2. The van der Waals surface area contributed by atoms with Crippen molar-refractivity contribution in [3.63, 3.8) is 0 Å². The Labute approximate surface area is 118 Å². The van der Waals surface area contributed by atoms with Crippen molar-refractivity contribution < 1.29 is 9.90 Å². The van der Waals surface area contributed by atoms with Crippen molar-refractivity contribution in [3.05, 3.63) is 47.3 Å². The Morgan fingerprint density at radius 3 is 2.95 bits per heavy atom. The van der Waals surface area contributed by atoms with E-state index in [0.717, 1.165) is 18.5 Å². The molecule has 0 atom stereocenters. The van der Waals surface area contributed by atoms with Gasteiger partial charge in [0.2, 0.25) is 0 Å². The summed E-state index contributed by atoms with van der Waals surface area (Å²) in [7, 11) is 0. The van der Waals surface area contributed by atoms with Gasteiger partial charge in [-0.2, -0.15) is 0 Å². The Morgan fingerprint density at radius 2 is 2.20 bits per heavy atom. The van der Waals surface area contributed by atoms with Crippen LogP contribution < -0.4 is 0 Å². The third kappa shape index (κ3) is 4.50. The zero-order valence-corrected chi connectivity index (χ0v) is 11.6. The lowest BCUT2D eigenvalue weighted by Gasteiger charge is -2.01. The standard InChI is InChI=1S/C15H19N3O2/c1-12-5-4-6-13(9-12)10-18-11-14(16-17-18)7-2-3-8-15(19)20/h4-6,9,11H,2-3,7-8,10H2,1H3,(H,19,20). The van der Waals surface area contributed by atoms with Gasteiger partial charge in [-0.15, -0.1) is 5.10 Å². The summed E-state index contributed by atoms with van der Waals surface area (Å²) in [5, 5.41) is 16.8. The molecule has 1 heterocycles. The van der Waals surface area contributed by atoms with E-state index < -0.39 is 5.97 Å². The molecule has 1 aromatic heterocycles. The van der Waals surface area contributed by atoms with E-state index in [0.29, 0.717) is 13.0 Å². The summed E-state index contributed by atoms with van der Waals surface area (Å²) < 4.78 is 1.82. The van der Waals surface area contributed by atoms with E-state index in [4.69, 9.17) is 5.11 Å². The van der Waals surface area contributed by atoms with Crippen molar-refractivity contribution in [1.29, 1.82) is 0 Å². The third-order valence-corrected chi connectivity index (χ3v) is 3.09. The summed E-state index contributed by atoms with van der Waals surface area (Å²) in [4.78, 5) is 10.4. The number of carbonyl (C=O) groups is 1. The van der Waals surface area contributed by atoms with Crippen LogP contribution in [0.15, 0.2) is 30.5 Å². The second-order valence-electron chi connectivity index (χ2n) is 5.00. The Kier molecular flexibility index (Phi) is 4.87. The molecule has 0 unspecified atom stereocenters. The zero-order valence-electron chi connectivity index (χ0n) is 11.6. The average molecular weight is 273 g/mol. The molecule has 0 saturated carbocycles. The normalized spacial score (nSPS) is 10.7. The van der Waals surface area contributed by atoms with Gasteiger partial charge in [-0.3, -0.25) is 4.79 Å². The molecular weight excluding hydrogens is 254 g/mol. The Bertz CT molecular complexity index is 578. The van der Waals surface area contributed by atoms with Crippen LogP contribution in [0, 0.1) is 6.92 Å². The van der Waals surface area contributed by atoms with Crippen LogP contribution in [0.1, 0.15) is 36.1 Å². The highest BCUT2D eigenvalue weighted by atomic mass is 16.4. The van der Waals surface area contributed by atoms with Gasteiger partial charge in [0.15, 0.2) is 0 Å². The minimum Gasteiger partial charge on any atom is -0.481 e. The van der Waals surface area contributed by atoms with Crippen LogP contribution in [-0.2, 0) is 17.8 Å². The maximum Gasteiger partial charge on any atom is 0.303 e. The van der Waals surface area contributed by atoms with Crippen LogP contribution in [0.5, 0.6) is 0 Å². The summed E-state index contributed by atoms with van der Waals surface area (Å²) in [6.07, 6.45) is 4.44. The topological polar surface area (TPSA) is 68.0 Å². The van der Waals surface area contributed by atoms with E-state index in [2.05, 4.69) is 35.4 Å². The van der Waals surface area contributed by atoms with Crippen LogP contribution in [-0.4, -0.2) is 26.1 Å². The molecule has 0 aliphatic rings. The second kappa shape index (κ2) is 6.84. The molecule has 20 heavy (non-hydrogen) atoms. The lowest BCUT2D eigenvalue weighted by molar-refractivity contribution is -0.137. The number of carboxylic acid groups (broad SMARTS) is 1. The number of nitrogens with zero attached hydrogens (tertiary/aromatic N) is 3. The first kappa shape index (κ1) is 14.2. The van der Waals surface area contributed by atoms with Gasteiger partial charge in [0.1, 0.15) is 0 Å². The summed E-state index contributed by atoms with van der Waals surface area (Å²) in [6, 6.07) is 8.31. The number of benzene rings is 1. The molecule has 1 aromatic carbocycles. The van der Waals surface area contributed by atoms with E-state index in [1.54, 1.807) is 0 Å². The number of aromatic nitrogens is 3. The maximum absolute atomic E-state index is 10.4. The van der Waals surface area contributed by atoms with Crippen molar-refractivity contribution >= 4 is 5.97 Å². The fraction of sp³-hybridized carbons (Fsp3) is 0.400. The van der Waals surface area contributed by atoms with Crippen molar-refractivity contribution in [3.8, 4) is 0 Å². The summed E-state index contributed by atoms with van der Waals surface area (Å²) in [5.74, 6) is -0.742. The highest BCUT2D eigenvalue weighted by molar-refractivity contribution is 5.66. The third-order valence-electron chi connectivity index (χ3n) is 3.09. The number of rotatable bonds is 7. The highest BCUT2D eigenvalue weighted by Crippen LogP contribution is 2.07. The number of aliphatic carboxylic acids is 1. The van der Waals surface area contributed by atoms with E-state index in [9.17, 15) is 4.79 Å². The van der Waals surface area contributed by atoms with Gasteiger partial charge < -0.3 is 5.11 Å². The van der Waals surface area contributed by atoms with Crippen LogP contribution >= 0.6 is 0 Å². The minimum absolute atomic E-state index is 0.220. The molecule has 0 saturated heterocycles. The molecule has 0 amide bonds. The summed E-state index contributed by atoms with van der Waals surface area (Å²) in [6.45, 7) is 2.78. The largest absolute Gasteiger partial charge is 0.481 e. The van der Waals surface area contributed by atoms with Gasteiger partial charge in [0, 0.05) is 12.6 Å². The maximum atomic E-state index is 10.4. The molecule has 0 fully saturated rings. The molecular formula is C15H19N3O2. The number of unbranched alkanes of at least 4 members (excludes halogenated alkanes) is 1. The quantitative estimate of drug-likeness (QED) is 0.787. The van der Waals surface area contributed by atoms with Crippen LogP contribution in [0.25, 0.3) is 0 Å². The predicted octanol–water partition coefficient (Wildman–Crippen LogP) is 2.43. The van der Waals surface area contributed by atoms with Gasteiger partial charge >= 0.3 is 5.97 Å². The van der Waals surface area contributed by atoms with Gasteiger partial charge in [0.05, 0.1) is 12.2 Å². The van der Waals surface area contributed by atoms with Gasteiger partial charge in [-0.25, -0.2) is 4.68 Å². The second-order valence-corrected chi connectivity index (χ2v) is 5.00. The van der Waals surface area contributed by atoms with E-state index in [-0.39, 0.29) is 6.42 Å².